The van der Waals surface area contributed by atoms with Gasteiger partial charge in [-0.2, -0.15) is 5.10 Å². The molecule has 2 aromatic heterocycles. The fourth-order valence-corrected chi connectivity index (χ4v) is 3.86. The molecule has 1 saturated heterocycles. The zero-order valence-corrected chi connectivity index (χ0v) is 14.4. The Morgan fingerprint density at radius 3 is 2.87 bits per heavy atom. The maximum Gasteiger partial charge on any atom is 0.357 e. The monoisotopic (exact) mass is 334 g/mol. The summed E-state index contributed by atoms with van der Waals surface area (Å²) in [6.45, 7) is 5.23. The second kappa shape index (κ2) is 7.23. The molecule has 0 aliphatic carbocycles. The molecule has 0 radical (unpaired) electrons. The van der Waals surface area contributed by atoms with Crippen LogP contribution in [0, 0.1) is 0 Å². The van der Waals surface area contributed by atoms with Gasteiger partial charge in [-0.3, -0.25) is 9.58 Å². The first-order valence-electron chi connectivity index (χ1n) is 7.99. The lowest BCUT2D eigenvalue weighted by Gasteiger charge is -2.30. The molecule has 0 amide bonds. The largest absolute Gasteiger partial charge is 0.461 e. The van der Waals surface area contributed by atoms with Gasteiger partial charge in [0.1, 0.15) is 0 Å². The third kappa shape index (κ3) is 3.79. The zero-order chi connectivity index (χ0) is 16.2. The normalized spacial score (nSPS) is 16.6. The van der Waals surface area contributed by atoms with Gasteiger partial charge >= 0.3 is 5.97 Å². The van der Waals surface area contributed by atoms with Gasteiger partial charge in [-0.05, 0) is 38.9 Å². The van der Waals surface area contributed by atoms with Crippen molar-refractivity contribution in [2.45, 2.75) is 32.2 Å². The number of ether oxygens (including phenoxy) is 1. The Hall–Kier alpha value is -1.73. The van der Waals surface area contributed by atoms with Gasteiger partial charge in [0.05, 0.1) is 17.3 Å². The summed E-state index contributed by atoms with van der Waals surface area (Å²) in [6, 6.07) is 2.07. The van der Waals surface area contributed by atoms with Crippen LogP contribution in [-0.2, 0) is 18.3 Å². The second-order valence-electron chi connectivity index (χ2n) is 5.79. The molecule has 0 atom stereocenters. The quantitative estimate of drug-likeness (QED) is 0.786. The van der Waals surface area contributed by atoms with Gasteiger partial charge in [-0.1, -0.05) is 0 Å². The SMILES string of the molecule is CCOC(=O)c1csc(C2CCN(Cc3ccnn3C)CC2)n1. The molecular weight excluding hydrogens is 312 g/mol. The van der Waals surface area contributed by atoms with Gasteiger partial charge in [0.25, 0.3) is 0 Å². The lowest BCUT2D eigenvalue weighted by molar-refractivity contribution is 0.0520. The molecule has 0 bridgehead atoms. The predicted molar refractivity (Wildman–Crippen MR) is 88.5 cm³/mol. The molecule has 1 aliphatic rings. The number of nitrogens with zero attached hydrogens (tertiary/aromatic N) is 4. The van der Waals surface area contributed by atoms with Crippen LogP contribution in [0.4, 0.5) is 0 Å². The molecule has 0 saturated carbocycles. The Labute approximate surface area is 140 Å². The molecule has 3 heterocycles. The minimum atomic E-state index is -0.316. The third-order valence-electron chi connectivity index (χ3n) is 4.25. The van der Waals surface area contributed by atoms with Crippen molar-refractivity contribution in [3.8, 4) is 0 Å². The topological polar surface area (TPSA) is 60.2 Å². The summed E-state index contributed by atoms with van der Waals surface area (Å²) in [7, 11) is 1.98. The molecule has 6 nitrogen and oxygen atoms in total. The molecular formula is C16H22N4O2S. The average molecular weight is 334 g/mol. The van der Waals surface area contributed by atoms with Crippen molar-refractivity contribution in [2.75, 3.05) is 19.7 Å². The van der Waals surface area contributed by atoms with E-state index in [0.717, 1.165) is 37.5 Å². The van der Waals surface area contributed by atoms with Crippen LogP contribution in [0.3, 0.4) is 0 Å². The van der Waals surface area contributed by atoms with Crippen LogP contribution in [0.5, 0.6) is 0 Å². The number of thiazole rings is 1. The standard InChI is InChI=1S/C16H22N4O2S/c1-3-22-16(21)14-11-23-15(18-14)12-5-8-20(9-6-12)10-13-4-7-17-19(13)2/h4,7,11-12H,3,5-6,8-10H2,1-2H3. The summed E-state index contributed by atoms with van der Waals surface area (Å²) in [5, 5.41) is 7.09. The van der Waals surface area contributed by atoms with Gasteiger partial charge in [0.15, 0.2) is 5.69 Å². The summed E-state index contributed by atoms with van der Waals surface area (Å²) in [4.78, 5) is 18.6. The van der Waals surface area contributed by atoms with Crippen molar-refractivity contribution in [1.29, 1.82) is 0 Å². The van der Waals surface area contributed by atoms with E-state index in [4.69, 9.17) is 4.74 Å². The smallest absolute Gasteiger partial charge is 0.357 e. The Bertz CT molecular complexity index is 659. The van der Waals surface area contributed by atoms with E-state index >= 15 is 0 Å². The van der Waals surface area contributed by atoms with Crippen molar-refractivity contribution < 1.29 is 9.53 Å². The van der Waals surface area contributed by atoms with Crippen LogP contribution in [0.1, 0.15) is 46.9 Å². The van der Waals surface area contributed by atoms with Gasteiger partial charge in [0.2, 0.25) is 0 Å². The van der Waals surface area contributed by atoms with Crippen molar-refractivity contribution in [3.05, 3.63) is 34.0 Å². The van der Waals surface area contributed by atoms with E-state index in [0.29, 0.717) is 18.2 Å². The number of esters is 1. The van der Waals surface area contributed by atoms with E-state index in [2.05, 4.69) is 21.0 Å². The summed E-state index contributed by atoms with van der Waals surface area (Å²) < 4.78 is 6.93. The van der Waals surface area contributed by atoms with Crippen molar-refractivity contribution in [1.82, 2.24) is 19.7 Å². The lowest BCUT2D eigenvalue weighted by atomic mass is 9.97. The van der Waals surface area contributed by atoms with Gasteiger partial charge < -0.3 is 4.74 Å². The maximum absolute atomic E-state index is 11.7. The Morgan fingerprint density at radius 2 is 2.22 bits per heavy atom. The first-order valence-corrected chi connectivity index (χ1v) is 8.87. The molecule has 0 aromatic carbocycles. The van der Waals surface area contributed by atoms with E-state index in [9.17, 15) is 4.79 Å². The maximum atomic E-state index is 11.7. The molecule has 0 spiro atoms. The fourth-order valence-electron chi connectivity index (χ4n) is 2.90. The van der Waals surface area contributed by atoms with E-state index in [1.54, 1.807) is 11.3 Å². The highest BCUT2D eigenvalue weighted by molar-refractivity contribution is 7.09. The molecule has 0 unspecified atom stereocenters. The summed E-state index contributed by atoms with van der Waals surface area (Å²) in [6.07, 6.45) is 4.00. The van der Waals surface area contributed by atoms with Crippen LogP contribution in [0.2, 0.25) is 0 Å². The molecule has 7 heteroatoms. The number of rotatable bonds is 5. The zero-order valence-electron chi connectivity index (χ0n) is 13.6. The molecule has 0 N–H and O–H groups in total. The number of hydrogen-bond acceptors (Lipinski definition) is 6. The minimum absolute atomic E-state index is 0.316. The van der Waals surface area contributed by atoms with Gasteiger partial charge in [0, 0.05) is 31.1 Å². The van der Waals surface area contributed by atoms with Crippen LogP contribution in [0.25, 0.3) is 0 Å². The predicted octanol–water partition coefficient (Wildman–Crippen LogP) is 2.43. The fraction of sp³-hybridized carbons (Fsp3) is 0.562. The first-order chi connectivity index (χ1) is 11.2. The molecule has 2 aromatic rings. The summed E-state index contributed by atoms with van der Waals surface area (Å²) in [5.74, 6) is 0.134. The van der Waals surface area contributed by atoms with Gasteiger partial charge in [-0.15, -0.1) is 11.3 Å². The number of hydrogen-bond donors (Lipinski definition) is 0. The van der Waals surface area contributed by atoms with Crippen LogP contribution in [-0.4, -0.2) is 45.3 Å². The third-order valence-corrected chi connectivity index (χ3v) is 5.26. The number of carbonyl (C=O) groups excluding carboxylic acids is 1. The van der Waals surface area contributed by atoms with E-state index in [-0.39, 0.29) is 5.97 Å². The van der Waals surface area contributed by atoms with Crippen molar-refractivity contribution >= 4 is 17.3 Å². The first kappa shape index (κ1) is 16.1. The summed E-state index contributed by atoms with van der Waals surface area (Å²) in [5.41, 5.74) is 1.69. The summed E-state index contributed by atoms with van der Waals surface area (Å²) >= 11 is 1.57. The highest BCUT2D eigenvalue weighted by Crippen LogP contribution is 2.30. The Balaban J connectivity index is 1.54. The number of piperidine rings is 1. The van der Waals surface area contributed by atoms with Crippen LogP contribution >= 0.6 is 11.3 Å². The van der Waals surface area contributed by atoms with Crippen molar-refractivity contribution in [3.63, 3.8) is 0 Å². The number of aryl methyl sites for hydroxylation is 1. The number of likely N-dealkylation sites (tertiary alicyclic amines) is 1. The molecule has 1 fully saturated rings. The lowest BCUT2D eigenvalue weighted by Crippen LogP contribution is -2.33. The highest BCUT2D eigenvalue weighted by Gasteiger charge is 2.24. The second-order valence-corrected chi connectivity index (χ2v) is 6.68. The van der Waals surface area contributed by atoms with E-state index in [1.807, 2.05) is 30.2 Å². The van der Waals surface area contributed by atoms with E-state index in [1.165, 1.54) is 5.69 Å². The minimum Gasteiger partial charge on any atom is -0.461 e. The number of aromatic nitrogens is 3. The average Bonchev–Trinajstić information content (AvgIpc) is 3.18. The highest BCUT2D eigenvalue weighted by atomic mass is 32.1. The van der Waals surface area contributed by atoms with Gasteiger partial charge in [-0.25, -0.2) is 9.78 Å². The molecule has 23 heavy (non-hydrogen) atoms. The van der Waals surface area contributed by atoms with Crippen molar-refractivity contribution in [2.24, 2.45) is 7.05 Å². The van der Waals surface area contributed by atoms with Crippen LogP contribution < -0.4 is 0 Å². The van der Waals surface area contributed by atoms with Crippen LogP contribution in [0.15, 0.2) is 17.6 Å². The molecule has 3 rings (SSSR count). The molecule has 124 valence electrons. The van der Waals surface area contributed by atoms with E-state index < -0.39 is 0 Å². The number of carbonyl (C=O) groups is 1. The molecule has 1 aliphatic heterocycles. The Morgan fingerprint density at radius 1 is 1.43 bits per heavy atom. The Kier molecular flexibility index (Phi) is 5.07.